The largest absolute Gasteiger partial charge is 0.409 e. The minimum atomic E-state index is -0.357. The molecule has 1 aromatic carbocycles. The first-order valence-corrected chi connectivity index (χ1v) is 7.10. The van der Waals surface area contributed by atoms with Crippen LogP contribution in [0.3, 0.4) is 0 Å². The molecule has 0 aromatic heterocycles. The minimum Gasteiger partial charge on any atom is -0.409 e. The van der Waals surface area contributed by atoms with E-state index in [0.29, 0.717) is 5.56 Å². The van der Waals surface area contributed by atoms with Crippen LogP contribution in [0.15, 0.2) is 29.4 Å². The second-order valence-electron chi connectivity index (χ2n) is 5.36. The summed E-state index contributed by atoms with van der Waals surface area (Å²) >= 11 is 0. The summed E-state index contributed by atoms with van der Waals surface area (Å²) in [4.78, 5) is 14.1. The fourth-order valence-electron chi connectivity index (χ4n) is 2.77. The van der Waals surface area contributed by atoms with Crippen LogP contribution in [0.2, 0.25) is 0 Å². The number of oxime groups is 1. The molecule has 3 N–H and O–H groups in total. The Balaban J connectivity index is 2.09. The second-order valence-corrected chi connectivity index (χ2v) is 5.36. The molecule has 1 fully saturated rings. The van der Waals surface area contributed by atoms with Crippen LogP contribution >= 0.6 is 0 Å². The van der Waals surface area contributed by atoms with E-state index in [0.717, 1.165) is 25.7 Å². The van der Waals surface area contributed by atoms with Gasteiger partial charge in [0.25, 0.3) is 0 Å². The summed E-state index contributed by atoms with van der Waals surface area (Å²) in [5.74, 6) is -0.474. The summed E-state index contributed by atoms with van der Waals surface area (Å²) in [6.07, 6.45) is 4.11. The van der Waals surface area contributed by atoms with Crippen molar-refractivity contribution in [2.75, 3.05) is 6.54 Å². The molecule has 0 aliphatic heterocycles. The van der Waals surface area contributed by atoms with Crippen molar-refractivity contribution >= 4 is 11.7 Å². The van der Waals surface area contributed by atoms with Crippen molar-refractivity contribution in [3.63, 3.8) is 0 Å². The van der Waals surface area contributed by atoms with Crippen molar-refractivity contribution in [1.82, 2.24) is 4.90 Å². The van der Waals surface area contributed by atoms with Gasteiger partial charge in [-0.25, -0.2) is 4.39 Å². The zero-order valence-electron chi connectivity index (χ0n) is 11.8. The molecular formula is C15H20FN3O2. The van der Waals surface area contributed by atoms with E-state index in [1.54, 1.807) is 17.0 Å². The molecule has 21 heavy (non-hydrogen) atoms. The summed E-state index contributed by atoms with van der Waals surface area (Å²) in [7, 11) is 0. The number of nitrogens with two attached hydrogens (primary N) is 1. The summed E-state index contributed by atoms with van der Waals surface area (Å²) in [6, 6.07) is 6.12. The van der Waals surface area contributed by atoms with Crippen LogP contribution in [0, 0.1) is 5.82 Å². The predicted octanol–water partition coefficient (Wildman–Crippen LogP) is 1.89. The first-order chi connectivity index (χ1) is 10.1. The molecule has 1 aliphatic rings. The Hall–Kier alpha value is -2.11. The zero-order chi connectivity index (χ0) is 15.2. The Labute approximate surface area is 123 Å². The molecular weight excluding hydrogens is 273 g/mol. The maximum Gasteiger partial charge on any atom is 0.227 e. The third-order valence-corrected chi connectivity index (χ3v) is 3.79. The first kappa shape index (κ1) is 15.3. The minimum absolute atomic E-state index is 0.00879. The van der Waals surface area contributed by atoms with E-state index in [1.807, 2.05) is 0 Å². The summed E-state index contributed by atoms with van der Waals surface area (Å²) in [5, 5.41) is 11.7. The van der Waals surface area contributed by atoms with E-state index in [2.05, 4.69) is 5.16 Å². The van der Waals surface area contributed by atoms with Gasteiger partial charge in [-0.05, 0) is 30.5 Å². The van der Waals surface area contributed by atoms with Gasteiger partial charge in [-0.15, -0.1) is 0 Å². The number of amides is 1. The smallest absolute Gasteiger partial charge is 0.227 e. The summed E-state index contributed by atoms with van der Waals surface area (Å²) in [6.45, 7) is 0.106. The third kappa shape index (κ3) is 4.18. The van der Waals surface area contributed by atoms with Crippen LogP contribution in [0.25, 0.3) is 0 Å². The molecule has 1 saturated carbocycles. The molecule has 0 radical (unpaired) electrons. The standard InChI is InChI=1S/C15H20FN3O2/c16-12-5-3-4-11(8-12)9-15(20)19(10-14(17)18-21)13-6-1-2-7-13/h3-5,8,13,21H,1-2,6-7,9-10H2,(H2,17,18). The summed E-state index contributed by atoms with van der Waals surface area (Å²) in [5.41, 5.74) is 6.17. The topological polar surface area (TPSA) is 78.9 Å². The fraction of sp³-hybridized carbons (Fsp3) is 0.467. The Morgan fingerprint density at radius 2 is 2.14 bits per heavy atom. The molecule has 1 aliphatic carbocycles. The molecule has 0 unspecified atom stereocenters. The van der Waals surface area contributed by atoms with Gasteiger partial charge < -0.3 is 15.8 Å². The second kappa shape index (κ2) is 7.06. The Morgan fingerprint density at radius 3 is 2.76 bits per heavy atom. The van der Waals surface area contributed by atoms with Crippen LogP contribution in [-0.4, -0.2) is 34.4 Å². The van der Waals surface area contributed by atoms with Crippen molar-refractivity contribution in [3.8, 4) is 0 Å². The van der Waals surface area contributed by atoms with Crippen LogP contribution in [-0.2, 0) is 11.2 Å². The number of hydrogen-bond acceptors (Lipinski definition) is 3. The normalized spacial score (nSPS) is 16.1. The molecule has 0 saturated heterocycles. The van der Waals surface area contributed by atoms with Crippen LogP contribution < -0.4 is 5.73 Å². The molecule has 2 rings (SSSR count). The molecule has 1 aromatic rings. The molecule has 0 atom stereocenters. The summed E-state index contributed by atoms with van der Waals surface area (Å²) < 4.78 is 13.2. The monoisotopic (exact) mass is 293 g/mol. The lowest BCUT2D eigenvalue weighted by atomic mass is 10.1. The highest BCUT2D eigenvalue weighted by Crippen LogP contribution is 2.24. The molecule has 1 amide bonds. The highest BCUT2D eigenvalue weighted by molar-refractivity contribution is 5.87. The molecule has 0 spiro atoms. The van der Waals surface area contributed by atoms with E-state index in [4.69, 9.17) is 10.9 Å². The van der Waals surface area contributed by atoms with Gasteiger partial charge in [0.2, 0.25) is 5.91 Å². The highest BCUT2D eigenvalue weighted by atomic mass is 19.1. The van der Waals surface area contributed by atoms with E-state index in [-0.39, 0.29) is 36.6 Å². The van der Waals surface area contributed by atoms with Crippen LogP contribution in [0.1, 0.15) is 31.2 Å². The number of nitrogens with zero attached hydrogens (tertiary/aromatic N) is 2. The van der Waals surface area contributed by atoms with Crippen molar-refractivity contribution in [3.05, 3.63) is 35.6 Å². The van der Waals surface area contributed by atoms with E-state index >= 15 is 0 Å². The van der Waals surface area contributed by atoms with Gasteiger partial charge in [-0.2, -0.15) is 0 Å². The highest BCUT2D eigenvalue weighted by Gasteiger charge is 2.27. The van der Waals surface area contributed by atoms with Crippen molar-refractivity contribution < 1.29 is 14.4 Å². The number of amidine groups is 1. The first-order valence-electron chi connectivity index (χ1n) is 7.10. The number of carbonyl (C=O) groups excluding carboxylic acids is 1. The Morgan fingerprint density at radius 1 is 1.43 bits per heavy atom. The number of halogens is 1. The quantitative estimate of drug-likeness (QED) is 0.376. The number of benzene rings is 1. The van der Waals surface area contributed by atoms with Crippen molar-refractivity contribution in [1.29, 1.82) is 0 Å². The lowest BCUT2D eigenvalue weighted by Crippen LogP contribution is -2.45. The van der Waals surface area contributed by atoms with Crippen LogP contribution in [0.5, 0.6) is 0 Å². The van der Waals surface area contributed by atoms with Gasteiger partial charge in [0.15, 0.2) is 5.84 Å². The van der Waals surface area contributed by atoms with Gasteiger partial charge in [-0.3, -0.25) is 4.79 Å². The molecule has 6 heteroatoms. The number of rotatable bonds is 5. The lowest BCUT2D eigenvalue weighted by Gasteiger charge is -2.28. The van der Waals surface area contributed by atoms with Gasteiger partial charge >= 0.3 is 0 Å². The Bertz CT molecular complexity index is 527. The SMILES string of the molecule is NC(CN(C(=O)Cc1cccc(F)c1)C1CCCC1)=NO. The van der Waals surface area contributed by atoms with Crippen molar-refractivity contribution in [2.45, 2.75) is 38.1 Å². The maximum absolute atomic E-state index is 13.2. The van der Waals surface area contributed by atoms with Gasteiger partial charge in [0, 0.05) is 6.04 Å². The Kier molecular flexibility index (Phi) is 5.14. The molecule has 114 valence electrons. The number of carbonyl (C=O) groups is 1. The van der Waals surface area contributed by atoms with Gasteiger partial charge in [-0.1, -0.05) is 30.1 Å². The third-order valence-electron chi connectivity index (χ3n) is 3.79. The van der Waals surface area contributed by atoms with Crippen molar-refractivity contribution in [2.24, 2.45) is 10.9 Å². The van der Waals surface area contributed by atoms with Gasteiger partial charge in [0.1, 0.15) is 5.82 Å². The molecule has 5 nitrogen and oxygen atoms in total. The van der Waals surface area contributed by atoms with E-state index < -0.39 is 0 Å². The average Bonchev–Trinajstić information content (AvgIpc) is 2.98. The van der Waals surface area contributed by atoms with E-state index in [9.17, 15) is 9.18 Å². The average molecular weight is 293 g/mol. The molecule has 0 bridgehead atoms. The zero-order valence-corrected chi connectivity index (χ0v) is 11.8. The van der Waals surface area contributed by atoms with Crippen LogP contribution in [0.4, 0.5) is 4.39 Å². The predicted molar refractivity (Wildman–Crippen MR) is 77.5 cm³/mol. The fourth-order valence-corrected chi connectivity index (χ4v) is 2.77. The van der Waals surface area contributed by atoms with Gasteiger partial charge in [0.05, 0.1) is 13.0 Å². The molecule has 0 heterocycles. The lowest BCUT2D eigenvalue weighted by molar-refractivity contribution is -0.131. The van der Waals surface area contributed by atoms with E-state index in [1.165, 1.54) is 12.1 Å². The number of hydrogen-bond donors (Lipinski definition) is 2. The maximum atomic E-state index is 13.2.